The fourth-order valence-corrected chi connectivity index (χ4v) is 3.06. The first-order valence-corrected chi connectivity index (χ1v) is 8.07. The Morgan fingerprint density at radius 3 is 2.65 bits per heavy atom. The highest BCUT2D eigenvalue weighted by molar-refractivity contribution is 7.91. The molecule has 1 rings (SSSR count). The number of sulfone groups is 1. The predicted octanol–water partition coefficient (Wildman–Crippen LogP) is 0.967. The van der Waals surface area contributed by atoms with E-state index in [2.05, 4.69) is 5.32 Å². The van der Waals surface area contributed by atoms with Gasteiger partial charge in [0.25, 0.3) is 0 Å². The maximum absolute atomic E-state index is 12.2. The minimum Gasteiger partial charge on any atom is -0.494 e. The molecule has 7 heteroatoms. The quantitative estimate of drug-likeness (QED) is 0.731. The zero-order chi connectivity index (χ0) is 15.2. The fraction of sp³-hybridized carbons (Fsp3) is 0.462. The molecule has 1 aromatic carbocycles. The van der Waals surface area contributed by atoms with Gasteiger partial charge in [0.15, 0.2) is 9.84 Å². The molecule has 0 aliphatic heterocycles. The normalized spacial score (nSPS) is 11.1. The molecule has 0 unspecified atom stereocenters. The molecule has 0 aromatic heterocycles. The number of carbonyl (C=O) groups is 1. The Balaban J connectivity index is 2.91. The van der Waals surface area contributed by atoms with Crippen LogP contribution in [-0.2, 0) is 14.6 Å². The van der Waals surface area contributed by atoms with Crippen LogP contribution in [0.2, 0.25) is 0 Å². The van der Waals surface area contributed by atoms with Crippen molar-refractivity contribution < 1.29 is 17.9 Å². The number of rotatable bonds is 7. The van der Waals surface area contributed by atoms with Crippen LogP contribution in [0.1, 0.15) is 20.3 Å². The van der Waals surface area contributed by atoms with E-state index in [1.807, 2.05) is 0 Å². The van der Waals surface area contributed by atoms with Gasteiger partial charge < -0.3 is 15.8 Å². The number of nitrogen functional groups attached to an aromatic ring is 1. The number of hydrogen-bond acceptors (Lipinski definition) is 5. The molecule has 0 heterocycles. The second-order valence-electron chi connectivity index (χ2n) is 4.16. The van der Waals surface area contributed by atoms with Gasteiger partial charge in [-0.05, 0) is 26.0 Å². The molecule has 3 N–H and O–H groups in total. The van der Waals surface area contributed by atoms with Crippen LogP contribution in [0.4, 0.5) is 5.69 Å². The van der Waals surface area contributed by atoms with E-state index in [1.165, 1.54) is 12.1 Å². The van der Waals surface area contributed by atoms with Crippen LogP contribution in [0.5, 0.6) is 5.75 Å². The summed E-state index contributed by atoms with van der Waals surface area (Å²) in [5, 5.41) is 2.56. The van der Waals surface area contributed by atoms with E-state index >= 15 is 0 Å². The van der Waals surface area contributed by atoms with Crippen molar-refractivity contribution in [2.24, 2.45) is 0 Å². The van der Waals surface area contributed by atoms with Crippen LogP contribution < -0.4 is 15.8 Å². The Hall–Kier alpha value is -1.76. The van der Waals surface area contributed by atoms with Crippen molar-refractivity contribution in [2.75, 3.05) is 24.6 Å². The lowest BCUT2D eigenvalue weighted by Gasteiger charge is -2.10. The molecular formula is C13H20N2O4S. The molecule has 6 nitrogen and oxygen atoms in total. The van der Waals surface area contributed by atoms with Gasteiger partial charge in [0.05, 0.1) is 22.9 Å². The molecule has 0 spiro atoms. The summed E-state index contributed by atoms with van der Waals surface area (Å²) in [5.74, 6) is -0.132. The van der Waals surface area contributed by atoms with Crippen LogP contribution in [0.15, 0.2) is 23.1 Å². The van der Waals surface area contributed by atoms with E-state index in [0.29, 0.717) is 18.9 Å². The summed E-state index contributed by atoms with van der Waals surface area (Å²) >= 11 is 0. The van der Waals surface area contributed by atoms with Crippen molar-refractivity contribution in [3.05, 3.63) is 18.2 Å². The maximum atomic E-state index is 12.2. The Morgan fingerprint density at radius 2 is 2.05 bits per heavy atom. The highest BCUT2D eigenvalue weighted by Crippen LogP contribution is 2.25. The first-order chi connectivity index (χ1) is 9.40. The SMILES string of the molecule is CCNC(=O)CCS(=O)(=O)c1cc(OCC)ccc1N. The lowest BCUT2D eigenvalue weighted by atomic mass is 10.3. The Kier molecular flexibility index (Phi) is 5.82. The van der Waals surface area contributed by atoms with Crippen molar-refractivity contribution in [3.63, 3.8) is 0 Å². The lowest BCUT2D eigenvalue weighted by molar-refractivity contribution is -0.120. The van der Waals surface area contributed by atoms with E-state index in [4.69, 9.17) is 10.5 Å². The number of benzene rings is 1. The predicted molar refractivity (Wildman–Crippen MR) is 77.4 cm³/mol. The Morgan fingerprint density at radius 1 is 1.35 bits per heavy atom. The third kappa shape index (κ3) is 4.41. The number of nitrogens with two attached hydrogens (primary N) is 1. The van der Waals surface area contributed by atoms with Crippen molar-refractivity contribution in [2.45, 2.75) is 25.2 Å². The summed E-state index contributed by atoms with van der Waals surface area (Å²) in [6.45, 7) is 4.48. The molecule has 20 heavy (non-hydrogen) atoms. The van der Waals surface area contributed by atoms with Gasteiger partial charge in [0.2, 0.25) is 5.91 Å². The Labute approximate surface area is 119 Å². The largest absolute Gasteiger partial charge is 0.494 e. The van der Waals surface area contributed by atoms with Crippen molar-refractivity contribution in [1.82, 2.24) is 5.32 Å². The summed E-state index contributed by atoms with van der Waals surface area (Å²) in [4.78, 5) is 11.4. The van der Waals surface area contributed by atoms with Gasteiger partial charge in [-0.1, -0.05) is 0 Å². The molecule has 0 fully saturated rings. The second kappa shape index (κ2) is 7.14. The van der Waals surface area contributed by atoms with Crippen LogP contribution in [-0.4, -0.2) is 33.2 Å². The van der Waals surface area contributed by atoms with Crippen LogP contribution >= 0.6 is 0 Å². The second-order valence-corrected chi connectivity index (χ2v) is 6.23. The fourth-order valence-electron chi connectivity index (χ4n) is 1.66. The molecule has 0 aliphatic carbocycles. The molecule has 0 aliphatic rings. The van der Waals surface area contributed by atoms with E-state index in [0.717, 1.165) is 0 Å². The first kappa shape index (κ1) is 16.3. The van der Waals surface area contributed by atoms with E-state index in [9.17, 15) is 13.2 Å². The van der Waals surface area contributed by atoms with Gasteiger partial charge in [-0.3, -0.25) is 4.79 Å². The van der Waals surface area contributed by atoms with E-state index in [1.54, 1.807) is 19.9 Å². The van der Waals surface area contributed by atoms with Gasteiger partial charge in [-0.2, -0.15) is 0 Å². The third-order valence-electron chi connectivity index (χ3n) is 2.60. The van der Waals surface area contributed by atoms with Crippen molar-refractivity contribution >= 4 is 21.4 Å². The molecule has 0 radical (unpaired) electrons. The van der Waals surface area contributed by atoms with Crippen molar-refractivity contribution in [3.8, 4) is 5.75 Å². The molecular weight excluding hydrogens is 280 g/mol. The highest BCUT2D eigenvalue weighted by Gasteiger charge is 2.20. The van der Waals surface area contributed by atoms with Gasteiger partial charge in [0, 0.05) is 19.0 Å². The minimum atomic E-state index is -3.61. The monoisotopic (exact) mass is 300 g/mol. The molecule has 0 saturated heterocycles. The summed E-state index contributed by atoms with van der Waals surface area (Å²) in [7, 11) is -3.61. The number of nitrogens with one attached hydrogen (secondary N) is 1. The van der Waals surface area contributed by atoms with Gasteiger partial charge in [-0.25, -0.2) is 8.42 Å². The topological polar surface area (TPSA) is 98.5 Å². The number of carbonyl (C=O) groups excluding carboxylic acids is 1. The highest BCUT2D eigenvalue weighted by atomic mass is 32.2. The minimum absolute atomic E-state index is 0.00717. The van der Waals surface area contributed by atoms with Crippen molar-refractivity contribution in [1.29, 1.82) is 0 Å². The number of amides is 1. The zero-order valence-corrected chi connectivity index (χ0v) is 12.5. The average Bonchev–Trinajstić information content (AvgIpc) is 2.39. The number of hydrogen-bond donors (Lipinski definition) is 2. The molecule has 1 aromatic rings. The van der Waals surface area contributed by atoms with Gasteiger partial charge in [-0.15, -0.1) is 0 Å². The van der Waals surface area contributed by atoms with Crippen LogP contribution in [0.3, 0.4) is 0 Å². The molecule has 0 atom stereocenters. The van der Waals surface area contributed by atoms with E-state index in [-0.39, 0.29) is 28.7 Å². The van der Waals surface area contributed by atoms with Gasteiger partial charge >= 0.3 is 0 Å². The summed E-state index contributed by atoms with van der Waals surface area (Å²) in [5.41, 5.74) is 5.86. The summed E-state index contributed by atoms with van der Waals surface area (Å²) < 4.78 is 29.7. The standard InChI is InChI=1S/C13H20N2O4S/c1-3-15-13(16)7-8-20(17,18)12-9-10(19-4-2)5-6-11(12)14/h5-6,9H,3-4,7-8,14H2,1-2H3,(H,15,16). The number of anilines is 1. The van der Waals surface area contributed by atoms with Crippen LogP contribution in [0, 0.1) is 0 Å². The Bertz CT molecular complexity index is 570. The summed E-state index contributed by atoms with van der Waals surface area (Å²) in [6, 6.07) is 4.50. The molecule has 112 valence electrons. The first-order valence-electron chi connectivity index (χ1n) is 6.42. The third-order valence-corrected chi connectivity index (χ3v) is 4.37. The molecule has 0 saturated carbocycles. The smallest absolute Gasteiger partial charge is 0.221 e. The summed E-state index contributed by atoms with van der Waals surface area (Å²) in [6.07, 6.45) is -0.0888. The zero-order valence-electron chi connectivity index (χ0n) is 11.7. The number of ether oxygens (including phenoxy) is 1. The van der Waals surface area contributed by atoms with E-state index < -0.39 is 9.84 Å². The van der Waals surface area contributed by atoms with Crippen LogP contribution in [0.25, 0.3) is 0 Å². The molecule has 1 amide bonds. The lowest BCUT2D eigenvalue weighted by Crippen LogP contribution is -2.25. The average molecular weight is 300 g/mol. The molecule has 0 bridgehead atoms. The van der Waals surface area contributed by atoms with Gasteiger partial charge in [0.1, 0.15) is 5.75 Å². The maximum Gasteiger partial charge on any atom is 0.221 e.